The second-order valence-electron chi connectivity index (χ2n) is 7.20. The maximum Gasteiger partial charge on any atom is 0.420 e. The average Bonchev–Trinajstić information content (AvgIpc) is 3.30. The molecule has 0 aromatic heterocycles. The van der Waals surface area contributed by atoms with Gasteiger partial charge in [-0.05, 0) is 36.6 Å². The number of benzene rings is 2. The summed E-state index contributed by atoms with van der Waals surface area (Å²) in [7, 11) is 0. The van der Waals surface area contributed by atoms with Gasteiger partial charge in [0.15, 0.2) is 6.61 Å². The topological polar surface area (TPSA) is 102 Å². The van der Waals surface area contributed by atoms with Gasteiger partial charge >= 0.3 is 6.18 Å². The number of ether oxygens (including phenoxy) is 1. The number of carbonyl (C=O) groups excluding carboxylic acids is 2. The Morgan fingerprint density at radius 1 is 1.09 bits per heavy atom. The number of nitro groups is 1. The van der Waals surface area contributed by atoms with E-state index < -0.39 is 40.6 Å². The first-order chi connectivity index (χ1) is 15.1. The predicted molar refractivity (Wildman–Crippen MR) is 107 cm³/mol. The summed E-state index contributed by atoms with van der Waals surface area (Å²) in [5, 5.41) is 13.2. The maximum atomic E-state index is 13.1. The molecule has 3 rings (SSSR count). The molecule has 2 amide bonds. The van der Waals surface area contributed by atoms with E-state index in [0.717, 1.165) is 38.1 Å². The van der Waals surface area contributed by atoms with E-state index in [1.54, 1.807) is 29.2 Å². The van der Waals surface area contributed by atoms with Crippen LogP contribution in [0.1, 0.15) is 34.3 Å². The van der Waals surface area contributed by atoms with E-state index in [1.165, 1.54) is 0 Å². The number of rotatable bonds is 7. The molecular weight excluding hydrogens is 431 g/mol. The second-order valence-corrected chi connectivity index (χ2v) is 7.20. The Hall–Kier alpha value is -3.63. The van der Waals surface area contributed by atoms with Crippen LogP contribution in [0.3, 0.4) is 0 Å². The number of amides is 2. The van der Waals surface area contributed by atoms with Crippen LogP contribution >= 0.6 is 0 Å². The average molecular weight is 451 g/mol. The molecule has 1 fully saturated rings. The first kappa shape index (κ1) is 23.0. The molecule has 32 heavy (non-hydrogen) atoms. The van der Waals surface area contributed by atoms with Crippen molar-refractivity contribution in [1.82, 2.24) is 10.2 Å². The molecule has 11 heteroatoms. The van der Waals surface area contributed by atoms with Gasteiger partial charge in [-0.15, -0.1) is 0 Å². The molecule has 0 aliphatic carbocycles. The predicted octanol–water partition coefficient (Wildman–Crippen LogP) is 3.54. The molecule has 0 bridgehead atoms. The SMILES string of the molecule is O=C(COc1ccc([N+](=O)[O-])cc1C(F)(F)F)NCc1ccc(C(=O)N2CCCC2)cc1. The molecule has 170 valence electrons. The second kappa shape index (κ2) is 9.67. The molecular formula is C21H20F3N3O5. The van der Waals surface area contributed by atoms with Crippen LogP contribution in [0.2, 0.25) is 0 Å². The maximum absolute atomic E-state index is 13.1. The van der Waals surface area contributed by atoms with E-state index in [2.05, 4.69) is 5.32 Å². The molecule has 0 spiro atoms. The molecule has 1 aliphatic rings. The van der Waals surface area contributed by atoms with Crippen molar-refractivity contribution < 1.29 is 32.4 Å². The third kappa shape index (κ3) is 5.74. The normalized spacial score (nSPS) is 13.7. The summed E-state index contributed by atoms with van der Waals surface area (Å²) in [5.74, 6) is -1.40. The number of nitro benzene ring substituents is 1. The van der Waals surface area contributed by atoms with E-state index in [0.29, 0.717) is 17.2 Å². The van der Waals surface area contributed by atoms with Crippen LogP contribution in [0.15, 0.2) is 42.5 Å². The Bertz CT molecular complexity index is 1000. The molecule has 0 radical (unpaired) electrons. The lowest BCUT2D eigenvalue weighted by molar-refractivity contribution is -0.385. The summed E-state index contributed by atoms with van der Waals surface area (Å²) in [5.41, 5.74) is -0.829. The Morgan fingerprint density at radius 2 is 1.75 bits per heavy atom. The van der Waals surface area contributed by atoms with E-state index in [-0.39, 0.29) is 12.5 Å². The van der Waals surface area contributed by atoms with Crippen molar-refractivity contribution in [2.24, 2.45) is 0 Å². The van der Waals surface area contributed by atoms with Gasteiger partial charge < -0.3 is 15.0 Å². The summed E-state index contributed by atoms with van der Waals surface area (Å²) < 4.78 is 44.4. The van der Waals surface area contributed by atoms with Gasteiger partial charge in [0.05, 0.1) is 4.92 Å². The molecule has 1 aliphatic heterocycles. The van der Waals surface area contributed by atoms with Gasteiger partial charge in [0.2, 0.25) is 0 Å². The van der Waals surface area contributed by atoms with E-state index in [9.17, 15) is 32.9 Å². The summed E-state index contributed by atoms with van der Waals surface area (Å²) in [6, 6.07) is 8.72. The Labute approximate surface area is 181 Å². The number of alkyl halides is 3. The van der Waals surface area contributed by atoms with Crippen molar-refractivity contribution in [3.63, 3.8) is 0 Å². The molecule has 0 saturated carbocycles. The van der Waals surface area contributed by atoms with E-state index >= 15 is 0 Å². The van der Waals surface area contributed by atoms with Gasteiger partial charge in [0.1, 0.15) is 11.3 Å². The van der Waals surface area contributed by atoms with E-state index in [1.807, 2.05) is 0 Å². The van der Waals surface area contributed by atoms with Gasteiger partial charge in [-0.1, -0.05) is 12.1 Å². The molecule has 8 nitrogen and oxygen atoms in total. The van der Waals surface area contributed by atoms with Crippen LogP contribution in [0, 0.1) is 10.1 Å². The number of nitrogens with zero attached hydrogens (tertiary/aromatic N) is 2. The highest BCUT2D eigenvalue weighted by Crippen LogP contribution is 2.38. The smallest absolute Gasteiger partial charge is 0.420 e. The summed E-state index contributed by atoms with van der Waals surface area (Å²) in [4.78, 5) is 35.9. The molecule has 1 saturated heterocycles. The third-order valence-electron chi connectivity index (χ3n) is 4.92. The van der Waals surface area contributed by atoms with Crippen molar-refractivity contribution in [2.45, 2.75) is 25.6 Å². The van der Waals surface area contributed by atoms with Crippen LogP contribution in [-0.4, -0.2) is 41.3 Å². The number of non-ortho nitro benzene ring substituents is 1. The van der Waals surface area contributed by atoms with Crippen molar-refractivity contribution >= 4 is 17.5 Å². The lowest BCUT2D eigenvalue weighted by Gasteiger charge is -2.15. The molecule has 0 unspecified atom stereocenters. The Kier molecular flexibility index (Phi) is 6.96. The van der Waals surface area contributed by atoms with Crippen LogP contribution in [0.25, 0.3) is 0 Å². The molecule has 1 heterocycles. The highest BCUT2D eigenvalue weighted by atomic mass is 19.4. The lowest BCUT2D eigenvalue weighted by Crippen LogP contribution is -2.29. The Morgan fingerprint density at radius 3 is 2.34 bits per heavy atom. The fraction of sp³-hybridized carbons (Fsp3) is 0.333. The number of hydrogen-bond acceptors (Lipinski definition) is 5. The van der Waals surface area contributed by atoms with Gasteiger partial charge in [-0.3, -0.25) is 19.7 Å². The van der Waals surface area contributed by atoms with Crippen molar-refractivity contribution in [2.75, 3.05) is 19.7 Å². The first-order valence-electron chi connectivity index (χ1n) is 9.78. The number of carbonyl (C=O) groups is 2. The summed E-state index contributed by atoms with van der Waals surface area (Å²) in [6.07, 6.45) is -2.91. The summed E-state index contributed by atoms with van der Waals surface area (Å²) in [6.45, 7) is 0.863. The van der Waals surface area contributed by atoms with Crippen LogP contribution in [-0.2, 0) is 17.5 Å². The molecule has 2 aromatic carbocycles. The van der Waals surface area contributed by atoms with Crippen molar-refractivity contribution in [1.29, 1.82) is 0 Å². The number of likely N-dealkylation sites (tertiary alicyclic amines) is 1. The van der Waals surface area contributed by atoms with E-state index in [4.69, 9.17) is 4.74 Å². The number of halogens is 3. The molecule has 1 N–H and O–H groups in total. The number of nitrogens with one attached hydrogen (secondary N) is 1. The fourth-order valence-corrected chi connectivity index (χ4v) is 3.24. The van der Waals surface area contributed by atoms with Gasteiger partial charge in [-0.25, -0.2) is 0 Å². The fourth-order valence-electron chi connectivity index (χ4n) is 3.24. The highest BCUT2D eigenvalue weighted by Gasteiger charge is 2.36. The zero-order valence-electron chi connectivity index (χ0n) is 16.9. The van der Waals surface area contributed by atoms with Crippen LogP contribution in [0.5, 0.6) is 5.75 Å². The standard InChI is InChI=1S/C21H20F3N3O5/c22-21(23,24)17-11-16(27(30)31)7-8-18(17)32-13-19(28)25-12-14-3-5-15(6-4-14)20(29)26-9-1-2-10-26/h3-8,11H,1-2,9-10,12-13H2,(H,25,28). The summed E-state index contributed by atoms with van der Waals surface area (Å²) >= 11 is 0. The third-order valence-corrected chi connectivity index (χ3v) is 4.92. The minimum atomic E-state index is -4.88. The van der Waals surface area contributed by atoms with Crippen LogP contribution < -0.4 is 10.1 Å². The quantitative estimate of drug-likeness (QED) is 0.513. The Balaban J connectivity index is 1.54. The lowest BCUT2D eigenvalue weighted by atomic mass is 10.1. The number of hydrogen-bond donors (Lipinski definition) is 1. The molecule has 2 aromatic rings. The van der Waals surface area contributed by atoms with Gasteiger partial charge in [0, 0.05) is 37.3 Å². The van der Waals surface area contributed by atoms with Gasteiger partial charge in [0.25, 0.3) is 17.5 Å². The van der Waals surface area contributed by atoms with Gasteiger partial charge in [-0.2, -0.15) is 13.2 Å². The zero-order chi connectivity index (χ0) is 23.3. The first-order valence-corrected chi connectivity index (χ1v) is 9.78. The minimum Gasteiger partial charge on any atom is -0.483 e. The largest absolute Gasteiger partial charge is 0.483 e. The monoisotopic (exact) mass is 451 g/mol. The molecule has 0 atom stereocenters. The zero-order valence-corrected chi connectivity index (χ0v) is 16.9. The minimum absolute atomic E-state index is 0.0462. The van der Waals surface area contributed by atoms with Crippen molar-refractivity contribution in [3.05, 3.63) is 69.3 Å². The van der Waals surface area contributed by atoms with Crippen molar-refractivity contribution in [3.8, 4) is 5.75 Å². The van der Waals surface area contributed by atoms with Crippen LogP contribution in [0.4, 0.5) is 18.9 Å². The highest BCUT2D eigenvalue weighted by molar-refractivity contribution is 5.94.